The monoisotopic (exact) mass is 479 g/mol. The molecule has 0 unspecified atom stereocenters. The van der Waals surface area contributed by atoms with Crippen molar-refractivity contribution >= 4 is 33.5 Å². The highest BCUT2D eigenvalue weighted by atomic mass is 32.2. The van der Waals surface area contributed by atoms with Crippen molar-refractivity contribution in [2.75, 3.05) is 13.7 Å². The molecule has 12 nitrogen and oxygen atoms in total. The van der Waals surface area contributed by atoms with E-state index in [0.29, 0.717) is 4.90 Å². The lowest BCUT2D eigenvalue weighted by Gasteiger charge is -2.09. The van der Waals surface area contributed by atoms with Crippen molar-refractivity contribution in [2.45, 2.75) is 28.4 Å². The van der Waals surface area contributed by atoms with Crippen molar-refractivity contribution in [2.24, 2.45) is 0 Å². The van der Waals surface area contributed by atoms with Crippen LogP contribution in [-0.2, 0) is 25.6 Å². The molecule has 0 aliphatic rings. The van der Waals surface area contributed by atoms with Crippen LogP contribution < -0.4 is 0 Å². The molecule has 0 atom stereocenters. The normalized spacial score (nSPS) is 11.3. The van der Waals surface area contributed by atoms with Gasteiger partial charge in [-0.15, -0.1) is 5.10 Å². The van der Waals surface area contributed by atoms with Crippen LogP contribution in [0.25, 0.3) is 0 Å². The molecular weight excluding hydrogens is 462 g/mol. The minimum atomic E-state index is -3.95. The highest BCUT2D eigenvalue weighted by Crippen LogP contribution is 2.31. The van der Waals surface area contributed by atoms with E-state index in [-0.39, 0.29) is 34.5 Å². The number of carbonyl (C=O) groups excluding carboxylic acids is 1. The van der Waals surface area contributed by atoms with Crippen molar-refractivity contribution in [1.29, 1.82) is 0 Å². The van der Waals surface area contributed by atoms with E-state index in [4.69, 9.17) is 8.92 Å². The van der Waals surface area contributed by atoms with Gasteiger partial charge in [0.2, 0.25) is 5.16 Å². The maximum Gasteiger partial charge on any atom is 0.339 e. The second-order valence-corrected chi connectivity index (χ2v) is 8.93. The zero-order valence-electron chi connectivity index (χ0n) is 16.9. The molecule has 0 saturated carbocycles. The Morgan fingerprint density at radius 3 is 2.59 bits per heavy atom. The number of aromatic nitrogens is 4. The number of nitrogens with zero attached hydrogens (tertiary/aromatic N) is 5. The van der Waals surface area contributed by atoms with Crippen LogP contribution in [0.4, 0.5) is 5.69 Å². The number of carbonyl (C=O) groups is 1. The van der Waals surface area contributed by atoms with E-state index < -0.39 is 21.0 Å². The first kappa shape index (κ1) is 23.3. The van der Waals surface area contributed by atoms with Crippen LogP contribution in [0.5, 0.6) is 0 Å². The Bertz CT molecular complexity index is 1240. The van der Waals surface area contributed by atoms with Gasteiger partial charge in [-0.25, -0.2) is 9.48 Å². The fraction of sp³-hybridized carbons (Fsp3) is 0.222. The number of esters is 1. The molecule has 0 amide bonds. The van der Waals surface area contributed by atoms with Crippen molar-refractivity contribution in [3.05, 3.63) is 63.7 Å². The van der Waals surface area contributed by atoms with Gasteiger partial charge in [0.05, 0.1) is 35.6 Å². The topological polar surface area (TPSA) is 156 Å². The fourth-order valence-electron chi connectivity index (χ4n) is 2.50. The summed E-state index contributed by atoms with van der Waals surface area (Å²) in [5, 5.41) is 22.4. The molecule has 0 N–H and O–H groups in total. The minimum absolute atomic E-state index is 0.000956. The smallest absolute Gasteiger partial charge is 0.339 e. The van der Waals surface area contributed by atoms with Crippen molar-refractivity contribution in [1.82, 2.24) is 20.2 Å². The van der Waals surface area contributed by atoms with Gasteiger partial charge in [0.1, 0.15) is 0 Å². The fourth-order valence-corrected chi connectivity index (χ4v) is 4.30. The summed E-state index contributed by atoms with van der Waals surface area (Å²) >= 11 is 0.966. The van der Waals surface area contributed by atoms with Crippen LogP contribution in [0.15, 0.2) is 57.4 Å². The van der Waals surface area contributed by atoms with Gasteiger partial charge in [0, 0.05) is 17.0 Å². The molecule has 3 rings (SSSR count). The number of nitro groups is 1. The number of rotatable bonds is 9. The molecule has 2 aromatic carbocycles. The van der Waals surface area contributed by atoms with Gasteiger partial charge in [0.25, 0.3) is 15.8 Å². The standard InChI is InChI=1S/C18H17N5O7S2/c1-12-3-6-14(7-4-12)32(27,28)30-10-9-22-18(19-20-21-22)31-16-8-5-13(23(25)26)11-15(16)17(24)29-2/h3-8,11H,9-10H2,1-2H3. The Morgan fingerprint density at radius 2 is 1.94 bits per heavy atom. The first-order valence-electron chi connectivity index (χ1n) is 8.98. The molecule has 168 valence electrons. The van der Waals surface area contributed by atoms with E-state index in [0.717, 1.165) is 30.5 Å². The van der Waals surface area contributed by atoms with E-state index in [1.807, 2.05) is 6.92 Å². The number of non-ortho nitro benzene ring substituents is 1. The van der Waals surface area contributed by atoms with E-state index in [1.54, 1.807) is 12.1 Å². The zero-order chi connectivity index (χ0) is 23.3. The van der Waals surface area contributed by atoms with Gasteiger partial charge in [-0.05, 0) is 47.3 Å². The Kier molecular flexibility index (Phi) is 7.17. The molecule has 14 heteroatoms. The molecule has 32 heavy (non-hydrogen) atoms. The summed E-state index contributed by atoms with van der Waals surface area (Å²) in [7, 11) is -2.79. The first-order chi connectivity index (χ1) is 15.2. The van der Waals surface area contributed by atoms with Gasteiger partial charge in [0.15, 0.2) is 0 Å². The Balaban J connectivity index is 1.73. The lowest BCUT2D eigenvalue weighted by atomic mass is 10.2. The predicted molar refractivity (Wildman–Crippen MR) is 111 cm³/mol. The van der Waals surface area contributed by atoms with Crippen LogP contribution in [-0.4, -0.2) is 53.2 Å². The molecule has 0 radical (unpaired) electrons. The molecule has 0 saturated heterocycles. The second-order valence-electron chi connectivity index (χ2n) is 6.30. The average molecular weight is 479 g/mol. The summed E-state index contributed by atoms with van der Waals surface area (Å²) in [4.78, 5) is 22.8. The number of tetrazole rings is 1. The molecule has 3 aromatic rings. The zero-order valence-corrected chi connectivity index (χ0v) is 18.5. The maximum absolute atomic E-state index is 12.3. The highest BCUT2D eigenvalue weighted by molar-refractivity contribution is 7.99. The van der Waals surface area contributed by atoms with E-state index in [2.05, 4.69) is 15.5 Å². The Labute approximate surface area is 186 Å². The van der Waals surface area contributed by atoms with Gasteiger partial charge in [-0.1, -0.05) is 17.7 Å². The Morgan fingerprint density at radius 1 is 1.22 bits per heavy atom. The number of hydrogen-bond acceptors (Lipinski definition) is 11. The summed E-state index contributed by atoms with van der Waals surface area (Å²) in [6.07, 6.45) is 0. The largest absolute Gasteiger partial charge is 0.465 e. The summed E-state index contributed by atoms with van der Waals surface area (Å²) in [6.45, 7) is 1.60. The molecule has 0 fully saturated rings. The molecule has 1 heterocycles. The third kappa shape index (κ3) is 5.46. The van der Waals surface area contributed by atoms with Crippen LogP contribution in [0.2, 0.25) is 0 Å². The molecule has 0 aliphatic heterocycles. The first-order valence-corrected chi connectivity index (χ1v) is 11.2. The second kappa shape index (κ2) is 9.84. The molecular formula is C18H17N5O7S2. The van der Waals surface area contributed by atoms with Crippen molar-refractivity contribution in [3.63, 3.8) is 0 Å². The minimum Gasteiger partial charge on any atom is -0.465 e. The van der Waals surface area contributed by atoms with E-state index >= 15 is 0 Å². The summed E-state index contributed by atoms with van der Waals surface area (Å²) in [6, 6.07) is 9.94. The number of benzene rings is 2. The van der Waals surface area contributed by atoms with Crippen LogP contribution in [0, 0.1) is 17.0 Å². The highest BCUT2D eigenvalue weighted by Gasteiger charge is 2.21. The molecule has 0 spiro atoms. The van der Waals surface area contributed by atoms with Crippen molar-refractivity contribution < 1.29 is 27.1 Å². The Hall–Kier alpha value is -3.36. The van der Waals surface area contributed by atoms with Gasteiger partial charge < -0.3 is 4.74 Å². The van der Waals surface area contributed by atoms with Crippen molar-refractivity contribution in [3.8, 4) is 0 Å². The summed E-state index contributed by atoms with van der Waals surface area (Å²) in [5.74, 6) is -0.761. The lowest BCUT2D eigenvalue weighted by Crippen LogP contribution is -2.14. The van der Waals surface area contributed by atoms with E-state index in [9.17, 15) is 23.3 Å². The number of nitro benzene ring substituents is 1. The maximum atomic E-state index is 12.3. The lowest BCUT2D eigenvalue weighted by molar-refractivity contribution is -0.384. The third-order valence-corrected chi connectivity index (χ3v) is 6.51. The van der Waals surface area contributed by atoms with Crippen LogP contribution >= 0.6 is 11.8 Å². The SMILES string of the molecule is COC(=O)c1cc([N+](=O)[O-])ccc1Sc1nnnn1CCOS(=O)(=O)c1ccc(C)cc1. The van der Waals surface area contributed by atoms with Crippen LogP contribution in [0.3, 0.4) is 0 Å². The predicted octanol–water partition coefficient (Wildman–Crippen LogP) is 2.23. The van der Waals surface area contributed by atoms with E-state index in [1.165, 1.54) is 28.9 Å². The quantitative estimate of drug-likeness (QED) is 0.192. The number of methoxy groups -OCH3 is 1. The molecule has 1 aromatic heterocycles. The molecule has 0 bridgehead atoms. The summed E-state index contributed by atoms with van der Waals surface area (Å²) in [5.41, 5.74) is 0.611. The van der Waals surface area contributed by atoms with Gasteiger partial charge >= 0.3 is 5.97 Å². The van der Waals surface area contributed by atoms with Gasteiger partial charge in [-0.3, -0.25) is 14.3 Å². The van der Waals surface area contributed by atoms with Gasteiger partial charge in [-0.2, -0.15) is 8.42 Å². The van der Waals surface area contributed by atoms with Crippen LogP contribution in [0.1, 0.15) is 15.9 Å². The number of hydrogen-bond donors (Lipinski definition) is 0. The summed E-state index contributed by atoms with van der Waals surface area (Å²) < 4.78 is 35.6. The average Bonchev–Trinajstić information content (AvgIpc) is 3.20. The number of ether oxygens (including phenoxy) is 1. The third-order valence-electron chi connectivity index (χ3n) is 4.13. The number of aryl methyl sites for hydroxylation is 1. The molecule has 0 aliphatic carbocycles.